The van der Waals surface area contributed by atoms with Crippen LogP contribution in [-0.4, -0.2) is 63.4 Å². The molecule has 40 heavy (non-hydrogen) atoms. The fourth-order valence-electron chi connectivity index (χ4n) is 5.46. The minimum absolute atomic E-state index is 0.0281. The Morgan fingerprint density at radius 3 is 2.40 bits per heavy atom. The van der Waals surface area contributed by atoms with Crippen LogP contribution in [-0.2, 0) is 17.8 Å². The standard InChI is InChI=1S/C31H38BrN3O5/c1-37-27-4-3-5-28(38-2)31(27)29-9-7-24(40-29)19-30(36)34-22-12-16-35(17-13-22)20-21-6-8-26(25(32)18-21)39-23-10-14-33-15-11-23/h3-9,18,22-23,33H,10-17,19-20H2,1-2H3,(H,34,36). The van der Waals surface area contributed by atoms with Gasteiger partial charge >= 0.3 is 0 Å². The summed E-state index contributed by atoms with van der Waals surface area (Å²) in [6, 6.07) is 15.9. The molecule has 0 saturated carbocycles. The second kappa shape index (κ2) is 13.6. The predicted octanol–water partition coefficient (Wildman–Crippen LogP) is 5.18. The number of carbonyl (C=O) groups excluding carboxylic acids is 1. The van der Waals surface area contributed by atoms with E-state index in [9.17, 15) is 4.79 Å². The average molecular weight is 613 g/mol. The molecule has 0 radical (unpaired) electrons. The largest absolute Gasteiger partial charge is 0.496 e. The number of benzene rings is 2. The quantitative estimate of drug-likeness (QED) is 0.327. The molecule has 0 aliphatic carbocycles. The van der Waals surface area contributed by atoms with Gasteiger partial charge in [-0.3, -0.25) is 9.69 Å². The zero-order chi connectivity index (χ0) is 27.9. The van der Waals surface area contributed by atoms with Gasteiger partial charge in [0.05, 0.1) is 25.1 Å². The van der Waals surface area contributed by atoms with E-state index in [1.54, 1.807) is 14.2 Å². The van der Waals surface area contributed by atoms with E-state index in [0.29, 0.717) is 23.0 Å². The number of piperidine rings is 2. The van der Waals surface area contributed by atoms with Crippen molar-refractivity contribution in [2.75, 3.05) is 40.4 Å². The van der Waals surface area contributed by atoms with Crippen molar-refractivity contribution in [3.63, 3.8) is 0 Å². The first-order chi connectivity index (χ1) is 19.5. The first-order valence-electron chi connectivity index (χ1n) is 14.0. The van der Waals surface area contributed by atoms with E-state index in [0.717, 1.165) is 74.2 Å². The van der Waals surface area contributed by atoms with Gasteiger partial charge in [-0.1, -0.05) is 12.1 Å². The van der Waals surface area contributed by atoms with Gasteiger partial charge in [0.25, 0.3) is 0 Å². The predicted molar refractivity (Wildman–Crippen MR) is 158 cm³/mol. The highest BCUT2D eigenvalue weighted by molar-refractivity contribution is 9.10. The lowest BCUT2D eigenvalue weighted by Gasteiger charge is -2.32. The van der Waals surface area contributed by atoms with Crippen LogP contribution in [0.25, 0.3) is 11.3 Å². The van der Waals surface area contributed by atoms with Crippen LogP contribution >= 0.6 is 15.9 Å². The highest BCUT2D eigenvalue weighted by Crippen LogP contribution is 2.39. The number of methoxy groups -OCH3 is 2. The SMILES string of the molecule is COc1cccc(OC)c1-c1ccc(CC(=O)NC2CCN(Cc3ccc(OC4CCNCC4)c(Br)c3)CC2)o1. The first kappa shape index (κ1) is 28.5. The van der Waals surface area contributed by atoms with Crippen LogP contribution < -0.4 is 24.8 Å². The van der Waals surface area contributed by atoms with Crippen molar-refractivity contribution in [2.45, 2.75) is 50.8 Å². The molecule has 0 unspecified atom stereocenters. The molecule has 2 N–H and O–H groups in total. The van der Waals surface area contributed by atoms with Gasteiger partial charge in [0.1, 0.15) is 40.4 Å². The lowest BCUT2D eigenvalue weighted by atomic mass is 10.0. The van der Waals surface area contributed by atoms with Crippen LogP contribution in [0, 0.1) is 0 Å². The van der Waals surface area contributed by atoms with Crippen molar-refractivity contribution in [1.29, 1.82) is 0 Å². The summed E-state index contributed by atoms with van der Waals surface area (Å²) in [5.41, 5.74) is 2.00. The lowest BCUT2D eigenvalue weighted by molar-refractivity contribution is -0.121. The number of nitrogens with one attached hydrogen (secondary N) is 2. The Hall–Kier alpha value is -3.01. The summed E-state index contributed by atoms with van der Waals surface area (Å²) < 4.78 is 24.2. The number of nitrogens with zero attached hydrogens (tertiary/aromatic N) is 1. The molecule has 3 heterocycles. The molecular formula is C31H38BrN3O5. The Morgan fingerprint density at radius 2 is 1.73 bits per heavy atom. The molecule has 0 atom stereocenters. The van der Waals surface area contributed by atoms with Gasteiger partial charge in [0.2, 0.25) is 5.91 Å². The van der Waals surface area contributed by atoms with E-state index in [-0.39, 0.29) is 24.5 Å². The molecule has 3 aromatic rings. The maximum absolute atomic E-state index is 12.8. The second-order valence-corrected chi connectivity index (χ2v) is 11.3. The molecule has 1 aromatic heterocycles. The number of furan rings is 1. The summed E-state index contributed by atoms with van der Waals surface area (Å²) in [6.07, 6.45) is 4.40. The number of rotatable bonds is 10. The normalized spacial score (nSPS) is 17.0. The van der Waals surface area contributed by atoms with Gasteiger partial charge in [-0.15, -0.1) is 0 Å². The van der Waals surface area contributed by atoms with Crippen molar-refractivity contribution in [3.05, 3.63) is 64.3 Å². The van der Waals surface area contributed by atoms with Crippen LogP contribution in [0.15, 0.2) is 57.4 Å². The summed E-state index contributed by atoms with van der Waals surface area (Å²) >= 11 is 3.70. The number of hydrogen-bond donors (Lipinski definition) is 2. The minimum Gasteiger partial charge on any atom is -0.496 e. The molecule has 0 bridgehead atoms. The molecule has 2 saturated heterocycles. The smallest absolute Gasteiger partial charge is 0.227 e. The molecular weight excluding hydrogens is 574 g/mol. The van der Waals surface area contributed by atoms with E-state index >= 15 is 0 Å². The molecule has 8 nitrogen and oxygen atoms in total. The van der Waals surface area contributed by atoms with Crippen LogP contribution in [0.3, 0.4) is 0 Å². The van der Waals surface area contributed by atoms with E-state index in [1.807, 2.05) is 30.3 Å². The van der Waals surface area contributed by atoms with Crippen LogP contribution in [0.5, 0.6) is 17.2 Å². The molecule has 0 spiro atoms. The van der Waals surface area contributed by atoms with Gasteiger partial charge in [-0.25, -0.2) is 0 Å². The fourth-order valence-corrected chi connectivity index (χ4v) is 5.98. The third-order valence-corrected chi connectivity index (χ3v) is 8.23. The summed E-state index contributed by atoms with van der Waals surface area (Å²) in [5, 5.41) is 6.57. The molecule has 9 heteroatoms. The Balaban J connectivity index is 1.08. The number of carbonyl (C=O) groups is 1. The fraction of sp³-hybridized carbons (Fsp3) is 0.452. The van der Waals surface area contributed by atoms with E-state index in [4.69, 9.17) is 18.6 Å². The Labute approximate surface area is 244 Å². The first-order valence-corrected chi connectivity index (χ1v) is 14.8. The summed E-state index contributed by atoms with van der Waals surface area (Å²) in [6.45, 7) is 4.79. The average Bonchev–Trinajstić information content (AvgIpc) is 3.43. The second-order valence-electron chi connectivity index (χ2n) is 10.4. The Morgan fingerprint density at radius 1 is 1.00 bits per heavy atom. The van der Waals surface area contributed by atoms with Gasteiger partial charge in [-0.05, 0) is 96.7 Å². The molecule has 2 aliphatic rings. The van der Waals surface area contributed by atoms with Crippen LogP contribution in [0.2, 0.25) is 0 Å². The van der Waals surface area contributed by atoms with Gasteiger partial charge in [0.15, 0.2) is 0 Å². The number of ether oxygens (including phenoxy) is 3. The Bertz CT molecular complexity index is 1260. The maximum atomic E-state index is 12.8. The highest BCUT2D eigenvalue weighted by atomic mass is 79.9. The lowest BCUT2D eigenvalue weighted by Crippen LogP contribution is -2.44. The summed E-state index contributed by atoms with van der Waals surface area (Å²) in [4.78, 5) is 15.2. The van der Waals surface area contributed by atoms with Crippen molar-refractivity contribution < 1.29 is 23.4 Å². The summed E-state index contributed by atoms with van der Waals surface area (Å²) in [7, 11) is 3.23. The topological polar surface area (TPSA) is 85.2 Å². The molecule has 214 valence electrons. The molecule has 1 amide bonds. The molecule has 2 fully saturated rings. The van der Waals surface area contributed by atoms with E-state index < -0.39 is 0 Å². The number of likely N-dealkylation sites (tertiary alicyclic amines) is 1. The van der Waals surface area contributed by atoms with Crippen LogP contribution in [0.1, 0.15) is 37.0 Å². The number of amides is 1. The number of hydrogen-bond acceptors (Lipinski definition) is 7. The van der Waals surface area contributed by atoms with Crippen LogP contribution in [0.4, 0.5) is 0 Å². The zero-order valence-corrected chi connectivity index (χ0v) is 24.8. The maximum Gasteiger partial charge on any atom is 0.227 e. The van der Waals surface area contributed by atoms with Crippen molar-refractivity contribution in [1.82, 2.24) is 15.5 Å². The van der Waals surface area contributed by atoms with E-state index in [1.165, 1.54) is 5.56 Å². The number of halogens is 1. The molecule has 2 aliphatic heterocycles. The van der Waals surface area contributed by atoms with Gasteiger partial charge in [0, 0.05) is 25.7 Å². The minimum atomic E-state index is -0.0281. The molecule has 2 aromatic carbocycles. The Kier molecular flexibility index (Phi) is 9.67. The monoisotopic (exact) mass is 611 g/mol. The third kappa shape index (κ3) is 7.19. The zero-order valence-electron chi connectivity index (χ0n) is 23.2. The summed E-state index contributed by atoms with van der Waals surface area (Å²) in [5.74, 6) is 3.43. The van der Waals surface area contributed by atoms with Crippen molar-refractivity contribution in [3.8, 4) is 28.6 Å². The highest BCUT2D eigenvalue weighted by Gasteiger charge is 2.23. The van der Waals surface area contributed by atoms with Gasteiger partial charge < -0.3 is 29.3 Å². The van der Waals surface area contributed by atoms with E-state index in [2.05, 4.69) is 49.7 Å². The molecule has 5 rings (SSSR count). The van der Waals surface area contributed by atoms with Crippen molar-refractivity contribution >= 4 is 21.8 Å². The third-order valence-electron chi connectivity index (χ3n) is 7.61. The van der Waals surface area contributed by atoms with Gasteiger partial charge in [-0.2, -0.15) is 0 Å². The van der Waals surface area contributed by atoms with Crippen molar-refractivity contribution in [2.24, 2.45) is 0 Å².